The van der Waals surface area contributed by atoms with Crippen LogP contribution in [0, 0.1) is 6.92 Å². The number of nitrogens with one attached hydrogen (secondary N) is 3. The van der Waals surface area contributed by atoms with Crippen LogP contribution < -0.4 is 16.0 Å². The van der Waals surface area contributed by atoms with Gasteiger partial charge in [-0.1, -0.05) is 60.2 Å². The van der Waals surface area contributed by atoms with Crippen LogP contribution in [-0.2, 0) is 17.8 Å². The first-order valence-corrected chi connectivity index (χ1v) is 8.48. The number of hydrogen-bond acceptors (Lipinski definition) is 2. The Hall–Kier alpha value is -2.09. The first kappa shape index (κ1) is 22.0. The quantitative estimate of drug-likeness (QED) is 0.334. The van der Waals surface area contributed by atoms with Crippen LogP contribution in [0.5, 0.6) is 0 Å². The van der Waals surface area contributed by atoms with Gasteiger partial charge in [-0.25, -0.2) is 0 Å². The Morgan fingerprint density at radius 2 is 1.69 bits per heavy atom. The maximum absolute atomic E-state index is 11.9. The smallest absolute Gasteiger partial charge is 0.239 e. The fourth-order valence-corrected chi connectivity index (χ4v) is 2.45. The molecule has 2 rings (SSSR count). The third kappa shape index (κ3) is 8.33. The van der Waals surface area contributed by atoms with Gasteiger partial charge in [0.2, 0.25) is 5.91 Å². The van der Waals surface area contributed by atoms with Crippen molar-refractivity contribution in [1.29, 1.82) is 0 Å². The molecule has 0 aromatic heterocycles. The van der Waals surface area contributed by atoms with E-state index in [0.717, 1.165) is 6.42 Å². The fraction of sp³-hybridized carbons (Fsp3) is 0.300. The molecule has 140 valence electrons. The van der Waals surface area contributed by atoms with Crippen LogP contribution in [0.2, 0.25) is 0 Å². The van der Waals surface area contributed by atoms with Gasteiger partial charge in [0.1, 0.15) is 0 Å². The number of benzene rings is 2. The number of aryl methyl sites for hydroxylation is 1. The van der Waals surface area contributed by atoms with Gasteiger partial charge < -0.3 is 16.0 Å². The van der Waals surface area contributed by atoms with E-state index < -0.39 is 0 Å². The highest BCUT2D eigenvalue weighted by Gasteiger charge is 2.03. The van der Waals surface area contributed by atoms with Crippen molar-refractivity contribution in [3.05, 3.63) is 71.3 Å². The van der Waals surface area contributed by atoms with Gasteiger partial charge in [-0.15, -0.1) is 24.0 Å². The van der Waals surface area contributed by atoms with E-state index in [9.17, 15) is 4.79 Å². The lowest BCUT2D eigenvalue weighted by atomic mass is 10.1. The largest absolute Gasteiger partial charge is 0.354 e. The van der Waals surface area contributed by atoms with Crippen LogP contribution in [0.4, 0.5) is 0 Å². The van der Waals surface area contributed by atoms with Crippen molar-refractivity contribution in [3.8, 4) is 0 Å². The zero-order valence-electron chi connectivity index (χ0n) is 15.3. The standard InChI is InChI=1S/C20H26N4O.HI/c1-16-7-6-10-18(13-16)14-23-20(21-2)24-15-19(25)22-12-11-17-8-4-3-5-9-17;/h3-10,13H,11-12,14-15H2,1-2H3,(H,22,25)(H2,21,23,24);1H. The van der Waals surface area contributed by atoms with Gasteiger partial charge >= 0.3 is 0 Å². The Kier molecular flexibility index (Phi) is 10.4. The third-order valence-corrected chi connectivity index (χ3v) is 3.76. The van der Waals surface area contributed by atoms with Crippen LogP contribution in [0.25, 0.3) is 0 Å². The highest BCUT2D eigenvalue weighted by Crippen LogP contribution is 2.03. The third-order valence-electron chi connectivity index (χ3n) is 3.76. The second kappa shape index (κ2) is 12.3. The summed E-state index contributed by atoms with van der Waals surface area (Å²) in [6.07, 6.45) is 0.826. The van der Waals surface area contributed by atoms with Crippen molar-refractivity contribution < 1.29 is 4.79 Å². The minimum atomic E-state index is -0.0468. The van der Waals surface area contributed by atoms with E-state index in [-0.39, 0.29) is 36.4 Å². The molecule has 5 nitrogen and oxygen atoms in total. The molecule has 6 heteroatoms. The Balaban J connectivity index is 0.00000338. The molecule has 0 aliphatic carbocycles. The molecule has 2 aromatic rings. The summed E-state index contributed by atoms with van der Waals surface area (Å²) in [4.78, 5) is 16.1. The molecule has 0 atom stereocenters. The predicted molar refractivity (Wildman–Crippen MR) is 118 cm³/mol. The van der Waals surface area contributed by atoms with Crippen LogP contribution in [0.15, 0.2) is 59.6 Å². The summed E-state index contributed by atoms with van der Waals surface area (Å²) in [5, 5.41) is 9.15. The van der Waals surface area contributed by atoms with Crippen molar-refractivity contribution in [2.45, 2.75) is 19.9 Å². The second-order valence-electron chi connectivity index (χ2n) is 5.85. The summed E-state index contributed by atoms with van der Waals surface area (Å²) in [6, 6.07) is 18.4. The van der Waals surface area contributed by atoms with Crippen molar-refractivity contribution in [3.63, 3.8) is 0 Å². The number of halogens is 1. The molecular weight excluding hydrogens is 439 g/mol. The molecule has 0 spiro atoms. The number of guanidine groups is 1. The number of nitrogens with zero attached hydrogens (tertiary/aromatic N) is 1. The number of carbonyl (C=O) groups excluding carboxylic acids is 1. The minimum Gasteiger partial charge on any atom is -0.354 e. The van der Waals surface area contributed by atoms with Gasteiger partial charge in [-0.05, 0) is 24.5 Å². The number of aliphatic imine (C=N–C) groups is 1. The lowest BCUT2D eigenvalue weighted by Crippen LogP contribution is -2.43. The molecule has 0 saturated carbocycles. The fourth-order valence-electron chi connectivity index (χ4n) is 2.45. The molecule has 0 bridgehead atoms. The SMILES string of the molecule is CN=C(NCC(=O)NCCc1ccccc1)NCc1cccc(C)c1.I. The second-order valence-corrected chi connectivity index (χ2v) is 5.85. The molecule has 3 N–H and O–H groups in total. The molecule has 1 amide bonds. The lowest BCUT2D eigenvalue weighted by Gasteiger charge is -2.12. The Morgan fingerprint density at radius 3 is 2.38 bits per heavy atom. The highest BCUT2D eigenvalue weighted by molar-refractivity contribution is 14.0. The first-order valence-electron chi connectivity index (χ1n) is 8.48. The van der Waals surface area contributed by atoms with Gasteiger partial charge in [0, 0.05) is 20.1 Å². The van der Waals surface area contributed by atoms with E-state index >= 15 is 0 Å². The van der Waals surface area contributed by atoms with Crippen LogP contribution in [0.3, 0.4) is 0 Å². The van der Waals surface area contributed by atoms with E-state index in [4.69, 9.17) is 0 Å². The first-order chi connectivity index (χ1) is 12.2. The molecule has 0 aliphatic rings. The van der Waals surface area contributed by atoms with E-state index in [1.807, 2.05) is 24.3 Å². The average molecular weight is 466 g/mol. The van der Waals surface area contributed by atoms with Crippen molar-refractivity contribution in [2.24, 2.45) is 4.99 Å². The molecule has 26 heavy (non-hydrogen) atoms. The average Bonchev–Trinajstić information content (AvgIpc) is 2.63. The zero-order chi connectivity index (χ0) is 17.9. The molecule has 0 radical (unpaired) electrons. The van der Waals surface area contributed by atoms with Crippen LogP contribution in [-0.4, -0.2) is 32.0 Å². The summed E-state index contributed by atoms with van der Waals surface area (Å²) in [7, 11) is 1.69. The molecule has 0 aliphatic heterocycles. The van der Waals surface area contributed by atoms with Gasteiger partial charge in [0.15, 0.2) is 5.96 Å². The minimum absolute atomic E-state index is 0. The van der Waals surface area contributed by atoms with E-state index in [1.54, 1.807) is 7.05 Å². The van der Waals surface area contributed by atoms with Gasteiger partial charge in [-0.2, -0.15) is 0 Å². The monoisotopic (exact) mass is 466 g/mol. The van der Waals surface area contributed by atoms with Crippen molar-refractivity contribution in [1.82, 2.24) is 16.0 Å². The number of rotatable bonds is 7. The summed E-state index contributed by atoms with van der Waals surface area (Å²) < 4.78 is 0. The molecule has 2 aromatic carbocycles. The molecule has 0 fully saturated rings. The molecule has 0 unspecified atom stereocenters. The van der Waals surface area contributed by atoms with Crippen LogP contribution >= 0.6 is 24.0 Å². The van der Waals surface area contributed by atoms with Gasteiger partial charge in [0.25, 0.3) is 0 Å². The Morgan fingerprint density at radius 1 is 0.962 bits per heavy atom. The topological polar surface area (TPSA) is 65.5 Å². The van der Waals surface area contributed by atoms with E-state index in [1.165, 1.54) is 16.7 Å². The zero-order valence-corrected chi connectivity index (χ0v) is 17.6. The molecule has 0 heterocycles. The molecule has 0 saturated heterocycles. The Bertz CT molecular complexity index is 704. The van der Waals surface area contributed by atoms with E-state index in [2.05, 4.69) is 58.2 Å². The summed E-state index contributed by atoms with van der Waals surface area (Å²) >= 11 is 0. The maximum atomic E-state index is 11.9. The highest BCUT2D eigenvalue weighted by atomic mass is 127. The van der Waals surface area contributed by atoms with Gasteiger partial charge in [-0.3, -0.25) is 9.79 Å². The van der Waals surface area contributed by atoms with Crippen molar-refractivity contribution in [2.75, 3.05) is 20.1 Å². The number of amides is 1. The summed E-state index contributed by atoms with van der Waals surface area (Å²) in [6.45, 7) is 3.55. The van der Waals surface area contributed by atoms with Crippen molar-refractivity contribution >= 4 is 35.8 Å². The van der Waals surface area contributed by atoms with Crippen LogP contribution in [0.1, 0.15) is 16.7 Å². The summed E-state index contributed by atoms with van der Waals surface area (Å²) in [5.74, 6) is 0.564. The van der Waals surface area contributed by atoms with E-state index in [0.29, 0.717) is 19.0 Å². The Labute approximate surface area is 172 Å². The number of hydrogen-bond donors (Lipinski definition) is 3. The normalized spacial score (nSPS) is 10.6. The predicted octanol–water partition coefficient (Wildman–Crippen LogP) is 2.64. The number of carbonyl (C=O) groups is 1. The van der Waals surface area contributed by atoms with Gasteiger partial charge in [0.05, 0.1) is 6.54 Å². The molecular formula is C20H27IN4O. The maximum Gasteiger partial charge on any atom is 0.239 e. The lowest BCUT2D eigenvalue weighted by molar-refractivity contribution is -0.119. The summed E-state index contributed by atoms with van der Waals surface area (Å²) in [5.41, 5.74) is 3.61.